The third kappa shape index (κ3) is 4.99. The largest absolute Gasteiger partial charge is 0.504 e. The van der Waals surface area contributed by atoms with Crippen molar-refractivity contribution >= 4 is 17.6 Å². The third-order valence-corrected chi connectivity index (χ3v) is 3.46. The number of phenolic OH excluding ortho intramolecular Hbond substituents is 2. The Morgan fingerprint density at radius 2 is 1.74 bits per heavy atom. The summed E-state index contributed by atoms with van der Waals surface area (Å²) in [6.45, 7) is 3.90. The molecule has 0 heterocycles. The van der Waals surface area contributed by atoms with Crippen LogP contribution in [0.15, 0.2) is 6.07 Å². The highest BCUT2D eigenvalue weighted by Crippen LogP contribution is 2.45. The summed E-state index contributed by atoms with van der Waals surface area (Å²) in [5.41, 5.74) is -5.07. The van der Waals surface area contributed by atoms with Gasteiger partial charge in [0.15, 0.2) is 5.75 Å². The first kappa shape index (κ1) is 22.0. The molecule has 0 radical (unpaired) electrons. The van der Waals surface area contributed by atoms with Gasteiger partial charge in [0.25, 0.3) is 5.91 Å². The number of carbonyl (C=O) groups excluding carboxylic acids is 2. The lowest BCUT2D eigenvalue weighted by molar-refractivity contribution is -0.386. The predicted molar refractivity (Wildman–Crippen MR) is 86.4 cm³/mol. The van der Waals surface area contributed by atoms with E-state index in [1.54, 1.807) is 19.2 Å². The van der Waals surface area contributed by atoms with Gasteiger partial charge >= 0.3 is 17.9 Å². The molecule has 0 atom stereocenters. The third-order valence-electron chi connectivity index (χ3n) is 3.46. The number of hydrogen-bond donors (Lipinski definition) is 3. The van der Waals surface area contributed by atoms with Crippen LogP contribution in [-0.2, 0) is 6.18 Å². The van der Waals surface area contributed by atoms with Crippen LogP contribution in [0.4, 0.5) is 23.7 Å². The van der Waals surface area contributed by atoms with Gasteiger partial charge < -0.3 is 15.1 Å². The van der Waals surface area contributed by atoms with Crippen LogP contribution in [0.25, 0.3) is 0 Å². The second-order valence-corrected chi connectivity index (χ2v) is 5.52. The zero-order valence-electron chi connectivity index (χ0n) is 14.5. The Hall–Kier alpha value is -3.05. The summed E-state index contributed by atoms with van der Waals surface area (Å²) >= 11 is 0. The van der Waals surface area contributed by atoms with Crippen LogP contribution < -0.4 is 5.32 Å². The van der Waals surface area contributed by atoms with Crippen molar-refractivity contribution in [2.24, 2.45) is 0 Å². The van der Waals surface area contributed by atoms with Gasteiger partial charge in [-0.3, -0.25) is 20.2 Å². The van der Waals surface area contributed by atoms with E-state index < -0.39 is 51.4 Å². The molecule has 3 N–H and O–H groups in total. The fourth-order valence-electron chi connectivity index (χ4n) is 2.37. The number of benzene rings is 1. The second-order valence-electron chi connectivity index (χ2n) is 5.52. The van der Waals surface area contributed by atoms with Crippen molar-refractivity contribution in [2.75, 3.05) is 13.1 Å². The molecule has 9 nitrogen and oxygen atoms in total. The minimum Gasteiger partial charge on any atom is -0.504 e. The Balaban J connectivity index is 3.46. The number of nitro benzene ring substituents is 1. The number of carbonyl (C=O) groups is 2. The van der Waals surface area contributed by atoms with Crippen molar-refractivity contribution in [2.45, 2.75) is 32.9 Å². The molecule has 0 bridgehead atoms. The van der Waals surface area contributed by atoms with E-state index >= 15 is 0 Å². The molecule has 0 saturated heterocycles. The molecule has 3 amide bonds. The number of urea groups is 1. The van der Waals surface area contributed by atoms with Crippen molar-refractivity contribution in [3.8, 4) is 11.5 Å². The molecule has 0 aromatic heterocycles. The molecule has 0 spiro atoms. The maximum absolute atomic E-state index is 13.2. The average molecular weight is 393 g/mol. The number of phenols is 2. The molecular formula is C15H18F3N3O6. The summed E-state index contributed by atoms with van der Waals surface area (Å²) in [5.74, 6) is -4.65. The molecular weight excluding hydrogens is 375 g/mol. The summed E-state index contributed by atoms with van der Waals surface area (Å²) in [6, 6.07) is -1.05. The van der Waals surface area contributed by atoms with Crippen molar-refractivity contribution in [1.29, 1.82) is 0 Å². The van der Waals surface area contributed by atoms with Crippen molar-refractivity contribution in [3.05, 3.63) is 27.3 Å². The normalized spacial score (nSPS) is 11.1. The Kier molecular flexibility index (Phi) is 6.97. The van der Waals surface area contributed by atoms with Gasteiger partial charge in [0.1, 0.15) is 5.56 Å². The van der Waals surface area contributed by atoms with Crippen LogP contribution >= 0.6 is 0 Å². The highest BCUT2D eigenvalue weighted by molar-refractivity contribution is 6.08. The summed E-state index contributed by atoms with van der Waals surface area (Å²) in [5, 5.41) is 31.7. The van der Waals surface area contributed by atoms with E-state index in [-0.39, 0.29) is 19.2 Å². The highest BCUT2D eigenvalue weighted by Gasteiger charge is 2.43. The van der Waals surface area contributed by atoms with Gasteiger partial charge in [0.2, 0.25) is 5.75 Å². The Labute approximate surface area is 151 Å². The summed E-state index contributed by atoms with van der Waals surface area (Å²) in [4.78, 5) is 35.2. The smallest absolute Gasteiger partial charge is 0.417 e. The van der Waals surface area contributed by atoms with Crippen molar-refractivity contribution in [3.63, 3.8) is 0 Å². The van der Waals surface area contributed by atoms with Crippen molar-refractivity contribution in [1.82, 2.24) is 10.2 Å². The van der Waals surface area contributed by atoms with Crippen LogP contribution in [-0.4, -0.2) is 45.1 Å². The average Bonchev–Trinajstić information content (AvgIpc) is 2.54. The molecule has 12 heteroatoms. The molecule has 0 saturated carbocycles. The molecule has 1 rings (SSSR count). The lowest BCUT2D eigenvalue weighted by Gasteiger charge is -2.22. The number of nitrogens with one attached hydrogen (secondary N) is 1. The first-order valence-corrected chi connectivity index (χ1v) is 7.86. The lowest BCUT2D eigenvalue weighted by atomic mass is 10.0. The maximum Gasteiger partial charge on any atom is 0.417 e. The summed E-state index contributed by atoms with van der Waals surface area (Å²) in [6.07, 6.45) is -4.25. The van der Waals surface area contributed by atoms with E-state index in [0.717, 1.165) is 4.90 Å². The summed E-state index contributed by atoms with van der Waals surface area (Å²) in [7, 11) is 0. The van der Waals surface area contributed by atoms with E-state index in [0.29, 0.717) is 12.8 Å². The molecule has 27 heavy (non-hydrogen) atoms. The molecule has 0 fully saturated rings. The van der Waals surface area contributed by atoms with E-state index in [1.165, 1.54) is 0 Å². The van der Waals surface area contributed by atoms with Gasteiger partial charge in [-0.2, -0.15) is 13.2 Å². The number of amides is 3. The van der Waals surface area contributed by atoms with E-state index in [4.69, 9.17) is 0 Å². The number of imide groups is 1. The standard InChI is InChI=1S/C15H18F3N3O6/c1-3-5-20(6-4-2)14(25)19-13(24)10-8(15(16,17)18)7-9(22)12(23)11(10)21(26)27/h7,22-23H,3-6H2,1-2H3,(H,19,24,25). The maximum atomic E-state index is 13.2. The quantitative estimate of drug-likeness (QED) is 0.387. The van der Waals surface area contributed by atoms with Crippen LogP contribution in [0, 0.1) is 10.1 Å². The Bertz CT molecular complexity index is 745. The Morgan fingerprint density at radius 1 is 1.22 bits per heavy atom. The minimum atomic E-state index is -5.27. The molecule has 1 aromatic carbocycles. The van der Waals surface area contributed by atoms with Crippen LogP contribution in [0.5, 0.6) is 11.5 Å². The van der Waals surface area contributed by atoms with Gasteiger partial charge in [-0.15, -0.1) is 0 Å². The number of aromatic hydroxyl groups is 2. The van der Waals surface area contributed by atoms with Crippen LogP contribution in [0.3, 0.4) is 0 Å². The molecule has 150 valence electrons. The number of halogens is 3. The minimum absolute atomic E-state index is 0.0163. The zero-order chi connectivity index (χ0) is 20.9. The second kappa shape index (κ2) is 8.56. The molecule has 0 aliphatic rings. The fourth-order valence-corrected chi connectivity index (χ4v) is 2.37. The van der Waals surface area contributed by atoms with Gasteiger partial charge in [0, 0.05) is 13.1 Å². The first-order valence-electron chi connectivity index (χ1n) is 7.86. The fraction of sp³-hybridized carbons (Fsp3) is 0.467. The van der Waals surface area contributed by atoms with E-state index in [1.807, 2.05) is 0 Å². The van der Waals surface area contributed by atoms with Crippen molar-refractivity contribution < 1.29 is 37.9 Å². The number of nitrogens with zero attached hydrogens (tertiary/aromatic N) is 2. The zero-order valence-corrected chi connectivity index (χ0v) is 14.5. The number of alkyl halides is 3. The molecule has 0 unspecified atom stereocenters. The molecule has 0 aliphatic carbocycles. The number of rotatable bonds is 6. The van der Waals surface area contributed by atoms with Crippen LogP contribution in [0.2, 0.25) is 0 Å². The van der Waals surface area contributed by atoms with Gasteiger partial charge in [0.05, 0.1) is 10.5 Å². The predicted octanol–water partition coefficient (Wildman–Crippen LogP) is 3.00. The highest BCUT2D eigenvalue weighted by atomic mass is 19.4. The lowest BCUT2D eigenvalue weighted by Crippen LogP contribution is -2.44. The van der Waals surface area contributed by atoms with E-state index in [2.05, 4.69) is 0 Å². The topological polar surface area (TPSA) is 133 Å². The SMILES string of the molecule is CCCN(CCC)C(=O)NC(=O)c1c(C(F)(F)F)cc(O)c(O)c1[N+](=O)[O-]. The Morgan fingerprint density at radius 3 is 2.15 bits per heavy atom. The molecule has 0 aliphatic heterocycles. The van der Waals surface area contributed by atoms with Gasteiger partial charge in [-0.05, 0) is 18.9 Å². The monoisotopic (exact) mass is 393 g/mol. The molecule has 1 aromatic rings. The van der Waals surface area contributed by atoms with Gasteiger partial charge in [-0.1, -0.05) is 13.8 Å². The van der Waals surface area contributed by atoms with Gasteiger partial charge in [-0.25, -0.2) is 4.79 Å². The number of hydrogen-bond acceptors (Lipinski definition) is 6. The van der Waals surface area contributed by atoms with Crippen LogP contribution in [0.1, 0.15) is 42.6 Å². The first-order chi connectivity index (χ1) is 12.4. The van der Waals surface area contributed by atoms with E-state index in [9.17, 15) is 43.1 Å². The number of nitro groups is 1. The summed E-state index contributed by atoms with van der Waals surface area (Å²) < 4.78 is 39.6.